The molecule has 1 heterocycles. The van der Waals surface area contributed by atoms with Gasteiger partial charge >= 0.3 is 5.97 Å². The lowest BCUT2D eigenvalue weighted by molar-refractivity contribution is -0.148. The lowest BCUT2D eigenvalue weighted by atomic mass is 9.81. The van der Waals surface area contributed by atoms with E-state index in [0.717, 1.165) is 29.5 Å². The number of carboxylic acids is 1. The average molecular weight is 584 g/mol. The molecule has 2 aliphatic carbocycles. The number of hydrogen-bond acceptors (Lipinski definition) is 5. The summed E-state index contributed by atoms with van der Waals surface area (Å²) in [6.07, 6.45) is 1.85. The molecule has 5 rings (SSSR count). The topological polar surface area (TPSA) is 49.8 Å². The second-order valence-corrected chi connectivity index (χ2v) is 14.1. The number of carboxylic acid groups (broad SMARTS) is 1. The SMILES string of the molecule is CC(C)(COc1cc2c(cc1SC1CC3(CC3)C1)N(c1ccc(F)cc1)CC(CCC(F)F)C(F)S2)C(=O)O. The molecule has 4 nitrogen and oxygen atoms in total. The van der Waals surface area contributed by atoms with E-state index in [0.29, 0.717) is 32.7 Å². The van der Waals surface area contributed by atoms with Crippen molar-refractivity contribution in [3.63, 3.8) is 0 Å². The van der Waals surface area contributed by atoms with E-state index in [4.69, 9.17) is 4.74 Å². The Morgan fingerprint density at radius 1 is 1.23 bits per heavy atom. The van der Waals surface area contributed by atoms with E-state index in [1.165, 1.54) is 25.0 Å². The predicted octanol–water partition coefficient (Wildman–Crippen LogP) is 8.55. The van der Waals surface area contributed by atoms with E-state index < -0.39 is 41.5 Å². The van der Waals surface area contributed by atoms with Crippen LogP contribution in [0.25, 0.3) is 0 Å². The third-order valence-electron chi connectivity index (χ3n) is 7.98. The van der Waals surface area contributed by atoms with Crippen molar-refractivity contribution in [2.45, 2.75) is 79.3 Å². The molecule has 0 bridgehead atoms. The van der Waals surface area contributed by atoms with Gasteiger partial charge in [0.2, 0.25) is 6.43 Å². The molecule has 2 atom stereocenters. The van der Waals surface area contributed by atoms with Crippen LogP contribution in [0, 0.1) is 22.6 Å². The third-order valence-corrected chi connectivity index (χ3v) is 10.4. The van der Waals surface area contributed by atoms with E-state index in [2.05, 4.69) is 0 Å². The molecule has 0 aromatic heterocycles. The first kappa shape index (κ1) is 28.5. The van der Waals surface area contributed by atoms with Gasteiger partial charge in [-0.2, -0.15) is 0 Å². The van der Waals surface area contributed by atoms with Gasteiger partial charge in [0.1, 0.15) is 18.2 Å². The Kier molecular flexibility index (Phi) is 8.08. The van der Waals surface area contributed by atoms with Gasteiger partial charge in [0, 0.05) is 34.7 Å². The van der Waals surface area contributed by atoms with E-state index >= 15 is 4.39 Å². The maximum Gasteiger partial charge on any atom is 0.312 e. The molecule has 39 heavy (non-hydrogen) atoms. The molecular weight excluding hydrogens is 550 g/mol. The van der Waals surface area contributed by atoms with Gasteiger partial charge in [-0.1, -0.05) is 11.8 Å². The van der Waals surface area contributed by atoms with Crippen molar-refractivity contribution >= 4 is 40.9 Å². The Morgan fingerprint density at radius 2 is 1.92 bits per heavy atom. The minimum absolute atomic E-state index is 0.0133. The van der Waals surface area contributed by atoms with Crippen molar-refractivity contribution in [1.82, 2.24) is 0 Å². The number of nitrogens with zero attached hydrogens (tertiary/aromatic N) is 1. The number of rotatable bonds is 10. The first-order chi connectivity index (χ1) is 18.4. The van der Waals surface area contributed by atoms with Crippen LogP contribution in [0.4, 0.5) is 28.9 Å². The number of anilines is 2. The standard InChI is InChI=1S/C29H33F4NO3S2/c1-28(2,27(35)36)16-37-22-12-23-21(11-24(22)38-20-13-29(14-20)9-10-29)34(19-6-4-18(30)5-7-19)15-17(26(33)39-23)3-8-25(31)32/h4-7,11-12,17,20,25-26H,3,8-10,13-16H2,1-2H3,(H,35,36). The number of alkyl halides is 3. The quantitative estimate of drug-likeness (QED) is 0.283. The molecular formula is C29H33F4NO3S2. The number of fused-ring (bicyclic) bond motifs is 1. The number of hydrogen-bond donors (Lipinski definition) is 1. The summed E-state index contributed by atoms with van der Waals surface area (Å²) < 4.78 is 61.6. The minimum Gasteiger partial charge on any atom is -0.491 e. The van der Waals surface area contributed by atoms with Crippen molar-refractivity contribution in [2.24, 2.45) is 16.7 Å². The Bertz CT molecular complexity index is 1200. The van der Waals surface area contributed by atoms with Crippen LogP contribution in [0.1, 0.15) is 52.4 Å². The molecule has 2 unspecified atom stereocenters. The summed E-state index contributed by atoms with van der Waals surface area (Å²) in [5, 5.41) is 9.99. The van der Waals surface area contributed by atoms with Crippen molar-refractivity contribution in [3.8, 4) is 5.75 Å². The van der Waals surface area contributed by atoms with Crippen LogP contribution in [-0.4, -0.2) is 41.4 Å². The zero-order valence-electron chi connectivity index (χ0n) is 22.0. The summed E-state index contributed by atoms with van der Waals surface area (Å²) in [7, 11) is 0. The smallest absolute Gasteiger partial charge is 0.312 e. The van der Waals surface area contributed by atoms with Crippen molar-refractivity contribution in [2.75, 3.05) is 18.1 Å². The number of ether oxygens (including phenoxy) is 1. The highest BCUT2D eigenvalue weighted by Crippen LogP contribution is 2.65. The first-order valence-electron chi connectivity index (χ1n) is 13.3. The zero-order chi connectivity index (χ0) is 27.9. The van der Waals surface area contributed by atoms with Gasteiger partial charge in [0.15, 0.2) is 5.50 Å². The Hall–Kier alpha value is -2.07. The Balaban J connectivity index is 1.52. The molecule has 0 amide bonds. The fourth-order valence-corrected chi connectivity index (χ4v) is 7.94. The van der Waals surface area contributed by atoms with Gasteiger partial charge in [-0.3, -0.25) is 4.79 Å². The molecule has 2 saturated carbocycles. The molecule has 2 fully saturated rings. The van der Waals surface area contributed by atoms with Crippen LogP contribution in [-0.2, 0) is 4.79 Å². The number of benzene rings is 2. The summed E-state index contributed by atoms with van der Waals surface area (Å²) in [4.78, 5) is 15.0. The maximum absolute atomic E-state index is 15.6. The van der Waals surface area contributed by atoms with Crippen LogP contribution >= 0.6 is 23.5 Å². The molecule has 0 saturated heterocycles. The summed E-state index contributed by atoms with van der Waals surface area (Å²) in [6, 6.07) is 9.59. The van der Waals surface area contributed by atoms with E-state index in [1.807, 2.05) is 11.0 Å². The molecule has 1 spiro atoms. The Labute approximate surface area is 234 Å². The van der Waals surface area contributed by atoms with E-state index in [1.54, 1.807) is 43.8 Å². The zero-order valence-corrected chi connectivity index (χ0v) is 23.6. The molecule has 2 aromatic rings. The van der Waals surface area contributed by atoms with Gasteiger partial charge in [0.25, 0.3) is 0 Å². The second kappa shape index (κ2) is 11.1. The summed E-state index contributed by atoms with van der Waals surface area (Å²) in [6.45, 7) is 3.28. The van der Waals surface area contributed by atoms with Gasteiger partial charge in [-0.05, 0) is 87.8 Å². The van der Waals surface area contributed by atoms with Crippen LogP contribution in [0.15, 0.2) is 46.2 Å². The number of halogens is 4. The van der Waals surface area contributed by atoms with Crippen LogP contribution in [0.5, 0.6) is 5.75 Å². The summed E-state index contributed by atoms with van der Waals surface area (Å²) in [5.41, 5.74) is -0.714. The third kappa shape index (κ3) is 6.47. The van der Waals surface area contributed by atoms with Crippen LogP contribution in [0.2, 0.25) is 0 Å². The maximum atomic E-state index is 15.6. The number of thioether (sulfide) groups is 2. The average Bonchev–Trinajstić information content (AvgIpc) is 3.66. The van der Waals surface area contributed by atoms with Gasteiger partial charge < -0.3 is 14.7 Å². The fourth-order valence-electron chi connectivity index (χ4n) is 5.18. The highest BCUT2D eigenvalue weighted by atomic mass is 32.2. The largest absolute Gasteiger partial charge is 0.491 e. The summed E-state index contributed by atoms with van der Waals surface area (Å²) >= 11 is 2.66. The molecule has 1 N–H and O–H groups in total. The minimum atomic E-state index is -2.52. The van der Waals surface area contributed by atoms with Crippen molar-refractivity contribution < 1.29 is 32.2 Å². The molecule has 10 heteroatoms. The molecule has 2 aromatic carbocycles. The number of carbonyl (C=O) groups is 1. The highest BCUT2D eigenvalue weighted by molar-refractivity contribution is 8.00. The second-order valence-electron chi connectivity index (χ2n) is 11.7. The molecule has 1 aliphatic heterocycles. The molecule has 3 aliphatic rings. The van der Waals surface area contributed by atoms with Crippen molar-refractivity contribution in [1.29, 1.82) is 0 Å². The number of aliphatic carboxylic acids is 1. The monoisotopic (exact) mass is 583 g/mol. The van der Waals surface area contributed by atoms with Gasteiger partial charge in [0.05, 0.1) is 16.0 Å². The van der Waals surface area contributed by atoms with Crippen LogP contribution in [0.3, 0.4) is 0 Å². The predicted molar refractivity (Wildman–Crippen MR) is 147 cm³/mol. The van der Waals surface area contributed by atoms with E-state index in [9.17, 15) is 23.1 Å². The lowest BCUT2D eigenvalue weighted by Crippen LogP contribution is -2.31. The van der Waals surface area contributed by atoms with Crippen molar-refractivity contribution in [3.05, 3.63) is 42.2 Å². The van der Waals surface area contributed by atoms with Gasteiger partial charge in [-0.15, -0.1) is 11.8 Å². The van der Waals surface area contributed by atoms with E-state index in [-0.39, 0.29) is 19.6 Å². The lowest BCUT2D eigenvalue weighted by Gasteiger charge is -2.36. The fraction of sp³-hybridized carbons (Fsp3) is 0.552. The normalized spacial score (nSPS) is 22.4. The Morgan fingerprint density at radius 3 is 2.54 bits per heavy atom. The first-order valence-corrected chi connectivity index (χ1v) is 15.0. The molecule has 212 valence electrons. The van der Waals surface area contributed by atoms with Crippen LogP contribution < -0.4 is 9.64 Å². The summed E-state index contributed by atoms with van der Waals surface area (Å²) in [5.74, 6) is -1.56. The van der Waals surface area contributed by atoms with Gasteiger partial charge in [-0.25, -0.2) is 17.6 Å². The molecule has 0 radical (unpaired) electrons. The highest BCUT2D eigenvalue weighted by Gasteiger charge is 2.53.